The molecule has 16 heavy (non-hydrogen) atoms. The van der Waals surface area contributed by atoms with E-state index in [-0.39, 0.29) is 0 Å². The molecule has 0 unspecified atom stereocenters. The number of halogens is 2. The summed E-state index contributed by atoms with van der Waals surface area (Å²) in [6, 6.07) is 17.3. The Kier molecular flexibility index (Phi) is 5.15. The number of rotatable bonds is 3. The van der Waals surface area contributed by atoms with Gasteiger partial charge in [0.25, 0.3) is 0 Å². The third-order valence-electron chi connectivity index (χ3n) is 1.86. The van der Waals surface area contributed by atoms with Gasteiger partial charge in [0.1, 0.15) is 0 Å². The van der Waals surface area contributed by atoms with E-state index in [2.05, 4.69) is 80.4 Å². The molecule has 0 saturated heterocycles. The molecule has 0 spiro atoms. The predicted molar refractivity (Wildman–Crippen MR) is 79.1 cm³/mol. The Morgan fingerprint density at radius 3 is 1.19 bits per heavy atom. The minimum absolute atomic E-state index is 0.585. The van der Waals surface area contributed by atoms with Gasteiger partial charge in [-0.05, 0) is 0 Å². The molecule has 0 aliphatic rings. The molecule has 0 aromatic heterocycles. The molecule has 0 aliphatic heterocycles. The van der Waals surface area contributed by atoms with Crippen LogP contribution in [0.4, 0.5) is 0 Å². The molecule has 0 saturated carbocycles. The van der Waals surface area contributed by atoms with Crippen LogP contribution in [0, 0.1) is 0 Å². The fraction of sp³-hybridized carbons (Fsp3) is 0. The van der Waals surface area contributed by atoms with Crippen LogP contribution in [0.1, 0.15) is 0 Å². The van der Waals surface area contributed by atoms with Gasteiger partial charge in [-0.2, -0.15) is 0 Å². The van der Waals surface area contributed by atoms with Crippen molar-refractivity contribution in [2.24, 2.45) is 0 Å². The average Bonchev–Trinajstić information content (AvgIpc) is 2.30. The average molecular weight is 470 g/mol. The molecule has 0 heterocycles. The first-order valence-electron chi connectivity index (χ1n) is 4.60. The van der Waals surface area contributed by atoms with Gasteiger partial charge in [-0.25, -0.2) is 0 Å². The third kappa shape index (κ3) is 4.03. The Hall–Kier alpha value is 0.439. The zero-order chi connectivity index (χ0) is 11.4. The van der Waals surface area contributed by atoms with E-state index in [1.807, 2.05) is 0 Å². The number of hydrogen-bond acceptors (Lipinski definition) is 0. The molecule has 0 aliphatic carbocycles. The fourth-order valence-corrected chi connectivity index (χ4v) is 7.57. The van der Waals surface area contributed by atoms with Gasteiger partial charge in [-0.15, -0.1) is 0 Å². The van der Waals surface area contributed by atoms with Crippen molar-refractivity contribution in [1.82, 2.24) is 0 Å². The van der Waals surface area contributed by atoms with Gasteiger partial charge in [-0.1, -0.05) is 0 Å². The van der Waals surface area contributed by atoms with Crippen molar-refractivity contribution in [2.45, 2.75) is 0 Å². The standard InChI is InChI=1S/C12H8Br2Se2/c13-9-1-5-11(6-2-9)15-16-12-7-3-10(14)4-8-12/h1-8H. The maximum atomic E-state index is 3.46. The molecule has 0 radical (unpaired) electrons. The van der Waals surface area contributed by atoms with Gasteiger partial charge < -0.3 is 0 Å². The van der Waals surface area contributed by atoms with E-state index in [1.165, 1.54) is 8.92 Å². The molecule has 2 rings (SSSR count). The predicted octanol–water partition coefficient (Wildman–Crippen LogP) is 2.49. The van der Waals surface area contributed by atoms with Gasteiger partial charge in [0.15, 0.2) is 0 Å². The normalized spacial score (nSPS) is 10.4. The monoisotopic (exact) mass is 470 g/mol. The van der Waals surface area contributed by atoms with Crippen molar-refractivity contribution in [3.63, 3.8) is 0 Å². The quantitative estimate of drug-likeness (QED) is 0.606. The Labute approximate surface area is 123 Å². The molecular formula is C12H8Br2Se2. The van der Waals surface area contributed by atoms with Crippen LogP contribution < -0.4 is 8.92 Å². The van der Waals surface area contributed by atoms with Crippen LogP contribution >= 0.6 is 31.9 Å². The molecule has 0 N–H and O–H groups in total. The van der Waals surface area contributed by atoms with Gasteiger partial charge >= 0.3 is 125 Å². The van der Waals surface area contributed by atoms with Crippen molar-refractivity contribution in [3.8, 4) is 0 Å². The summed E-state index contributed by atoms with van der Waals surface area (Å²) in [5.41, 5.74) is 0. The summed E-state index contributed by atoms with van der Waals surface area (Å²) in [4.78, 5) is 0. The molecule has 0 amide bonds. The molecule has 0 bridgehead atoms. The van der Waals surface area contributed by atoms with E-state index in [0.717, 1.165) is 8.95 Å². The second-order valence-corrected chi connectivity index (χ2v) is 11.2. The van der Waals surface area contributed by atoms with E-state index >= 15 is 0 Å². The van der Waals surface area contributed by atoms with E-state index in [9.17, 15) is 0 Å². The van der Waals surface area contributed by atoms with Crippen molar-refractivity contribution in [3.05, 3.63) is 57.5 Å². The summed E-state index contributed by atoms with van der Waals surface area (Å²) < 4.78 is 5.25. The molecule has 4 heteroatoms. The van der Waals surface area contributed by atoms with Gasteiger partial charge in [0.05, 0.1) is 0 Å². The van der Waals surface area contributed by atoms with Crippen LogP contribution in [-0.2, 0) is 0 Å². The summed E-state index contributed by atoms with van der Waals surface area (Å²) in [6.07, 6.45) is 0. The Bertz CT molecular complexity index is 406. The third-order valence-corrected chi connectivity index (χ3v) is 10.1. The fourth-order valence-electron chi connectivity index (χ4n) is 1.08. The number of hydrogen-bond donors (Lipinski definition) is 0. The van der Waals surface area contributed by atoms with Crippen LogP contribution in [0.15, 0.2) is 57.5 Å². The summed E-state index contributed by atoms with van der Waals surface area (Å²) in [7, 11) is 0. The zero-order valence-corrected chi connectivity index (χ0v) is 14.8. The molecule has 2 aromatic rings. The Balaban J connectivity index is 1.97. The van der Waals surface area contributed by atoms with Gasteiger partial charge in [0, 0.05) is 0 Å². The first-order chi connectivity index (χ1) is 7.74. The van der Waals surface area contributed by atoms with Crippen LogP contribution in [0.5, 0.6) is 0 Å². The van der Waals surface area contributed by atoms with Crippen LogP contribution in [0.2, 0.25) is 0 Å². The summed E-state index contributed by atoms with van der Waals surface area (Å²) in [5, 5.41) is 0. The number of benzene rings is 2. The Morgan fingerprint density at radius 2 is 0.875 bits per heavy atom. The molecule has 2 aromatic carbocycles. The van der Waals surface area contributed by atoms with Crippen LogP contribution in [-0.4, -0.2) is 26.3 Å². The zero-order valence-electron chi connectivity index (χ0n) is 8.19. The van der Waals surface area contributed by atoms with E-state index in [1.54, 1.807) is 0 Å². The van der Waals surface area contributed by atoms with Crippen molar-refractivity contribution < 1.29 is 0 Å². The van der Waals surface area contributed by atoms with E-state index < -0.39 is 0 Å². The van der Waals surface area contributed by atoms with Crippen LogP contribution in [0.3, 0.4) is 0 Å². The SMILES string of the molecule is Brc1ccc([Se][Se]c2ccc(Br)cc2)cc1. The van der Waals surface area contributed by atoms with Gasteiger partial charge in [0.2, 0.25) is 0 Å². The van der Waals surface area contributed by atoms with E-state index in [4.69, 9.17) is 0 Å². The summed E-state index contributed by atoms with van der Waals surface area (Å²) in [5.74, 6) is 0. The Morgan fingerprint density at radius 1 is 0.562 bits per heavy atom. The molecule has 82 valence electrons. The van der Waals surface area contributed by atoms with Crippen LogP contribution in [0.25, 0.3) is 0 Å². The van der Waals surface area contributed by atoms with Gasteiger partial charge in [-0.3, -0.25) is 0 Å². The van der Waals surface area contributed by atoms with Crippen molar-refractivity contribution in [1.29, 1.82) is 0 Å². The molecule has 0 atom stereocenters. The van der Waals surface area contributed by atoms with Crippen molar-refractivity contribution >= 4 is 67.0 Å². The molecular weight excluding hydrogens is 462 g/mol. The minimum atomic E-state index is 0.585. The van der Waals surface area contributed by atoms with E-state index in [0.29, 0.717) is 26.3 Å². The second kappa shape index (κ2) is 6.39. The topological polar surface area (TPSA) is 0 Å². The molecule has 0 nitrogen and oxygen atoms in total. The molecule has 0 fully saturated rings. The summed E-state index contributed by atoms with van der Waals surface area (Å²) >= 11 is 8.08. The first-order valence-corrected chi connectivity index (χ1v) is 12.2. The second-order valence-electron chi connectivity index (χ2n) is 3.07. The maximum absolute atomic E-state index is 3.46. The van der Waals surface area contributed by atoms with Crippen molar-refractivity contribution in [2.75, 3.05) is 0 Å². The summed E-state index contributed by atoms with van der Waals surface area (Å²) in [6.45, 7) is 0. The first kappa shape index (κ1) is 12.9.